The van der Waals surface area contributed by atoms with Gasteiger partial charge in [0.25, 0.3) is 5.91 Å². The van der Waals surface area contributed by atoms with Crippen molar-refractivity contribution in [2.45, 2.75) is 24.8 Å². The van der Waals surface area contributed by atoms with Crippen LogP contribution in [0, 0.1) is 29.6 Å². The molecule has 1 N–H and O–H groups in total. The van der Waals surface area contributed by atoms with Crippen LogP contribution in [0.25, 0.3) is 10.9 Å². The van der Waals surface area contributed by atoms with Gasteiger partial charge in [0.1, 0.15) is 10.6 Å². The lowest BCUT2D eigenvalue weighted by atomic mass is 10.1. The fraction of sp³-hybridized carbons (Fsp3) is 0.348. The van der Waals surface area contributed by atoms with Gasteiger partial charge in [-0.2, -0.15) is 9.57 Å². The number of rotatable bonds is 5. The van der Waals surface area contributed by atoms with Crippen LogP contribution in [0.1, 0.15) is 28.2 Å². The molecule has 0 unspecified atom stereocenters. The zero-order valence-electron chi connectivity index (χ0n) is 17.9. The summed E-state index contributed by atoms with van der Waals surface area (Å²) in [4.78, 5) is 17.4. The maximum absolute atomic E-state index is 13.3. The van der Waals surface area contributed by atoms with E-state index in [9.17, 15) is 18.5 Å². The summed E-state index contributed by atoms with van der Waals surface area (Å²) in [6.07, 6.45) is 2.49. The van der Waals surface area contributed by atoms with Crippen molar-refractivity contribution < 1.29 is 13.2 Å². The molecule has 2 fully saturated rings. The number of hydrogen-bond donors (Lipinski definition) is 1. The van der Waals surface area contributed by atoms with Crippen LogP contribution >= 0.6 is 0 Å². The van der Waals surface area contributed by atoms with E-state index in [0.29, 0.717) is 18.8 Å². The van der Waals surface area contributed by atoms with E-state index in [-0.39, 0.29) is 29.0 Å². The van der Waals surface area contributed by atoms with Gasteiger partial charge >= 0.3 is 0 Å². The Balaban J connectivity index is 1.38. The summed E-state index contributed by atoms with van der Waals surface area (Å²) in [7, 11) is -2.09. The van der Waals surface area contributed by atoms with Crippen LogP contribution in [0.2, 0.25) is 0 Å². The van der Waals surface area contributed by atoms with E-state index in [1.165, 1.54) is 10.4 Å². The average molecular weight is 450 g/mol. The third kappa shape index (κ3) is 3.10. The summed E-state index contributed by atoms with van der Waals surface area (Å²) >= 11 is 0. The monoisotopic (exact) mass is 449 g/mol. The van der Waals surface area contributed by atoms with Gasteiger partial charge < -0.3 is 9.88 Å². The number of nitrogens with one attached hydrogen (secondary N) is 1. The van der Waals surface area contributed by atoms with Gasteiger partial charge in [0.2, 0.25) is 10.0 Å². The van der Waals surface area contributed by atoms with Crippen molar-refractivity contribution in [1.29, 1.82) is 5.26 Å². The van der Waals surface area contributed by atoms with Crippen molar-refractivity contribution in [3.63, 3.8) is 0 Å². The molecule has 5 rings (SSSR count). The lowest BCUT2D eigenvalue weighted by Gasteiger charge is -2.18. The number of benzene rings is 1. The fourth-order valence-corrected chi connectivity index (χ4v) is 6.50. The van der Waals surface area contributed by atoms with Gasteiger partial charge in [-0.05, 0) is 43.0 Å². The van der Waals surface area contributed by atoms with Crippen LogP contribution in [-0.4, -0.2) is 41.3 Å². The molecule has 2 aromatic heterocycles. The Hall–Kier alpha value is -3.22. The van der Waals surface area contributed by atoms with E-state index in [0.717, 1.165) is 22.9 Å². The number of aromatic nitrogens is 2. The second-order valence-corrected chi connectivity index (χ2v) is 10.6. The second-order valence-electron chi connectivity index (χ2n) is 8.67. The summed E-state index contributed by atoms with van der Waals surface area (Å²) in [5, 5.41) is 13.2. The van der Waals surface area contributed by atoms with Crippen LogP contribution in [-0.2, 0) is 23.6 Å². The highest BCUT2D eigenvalue weighted by molar-refractivity contribution is 7.89. The average Bonchev–Trinajstić information content (AvgIpc) is 3.21. The Morgan fingerprint density at radius 1 is 1.34 bits per heavy atom. The number of carbonyl (C=O) groups is 1. The Morgan fingerprint density at radius 2 is 2.16 bits per heavy atom. The predicted molar refractivity (Wildman–Crippen MR) is 118 cm³/mol. The number of sulfonamides is 1. The molecular weight excluding hydrogens is 426 g/mol. The van der Waals surface area contributed by atoms with Crippen molar-refractivity contribution in [2.75, 3.05) is 13.1 Å². The van der Waals surface area contributed by atoms with Crippen LogP contribution in [0.4, 0.5) is 0 Å². The molecule has 32 heavy (non-hydrogen) atoms. The van der Waals surface area contributed by atoms with E-state index < -0.39 is 15.4 Å². The Labute approximate surface area is 186 Å². The second kappa shape index (κ2) is 7.15. The van der Waals surface area contributed by atoms with Crippen LogP contribution in [0.15, 0.2) is 47.5 Å². The molecule has 1 aliphatic carbocycles. The minimum atomic E-state index is -3.78. The van der Waals surface area contributed by atoms with Gasteiger partial charge in [-0.25, -0.2) is 8.42 Å². The van der Waals surface area contributed by atoms with E-state index in [1.807, 2.05) is 30.3 Å². The van der Waals surface area contributed by atoms with Gasteiger partial charge in [-0.3, -0.25) is 9.78 Å². The van der Waals surface area contributed by atoms with Gasteiger partial charge in [0, 0.05) is 44.0 Å². The summed E-state index contributed by atoms with van der Waals surface area (Å²) in [6, 6.07) is 13.3. The first kappa shape index (κ1) is 20.7. The predicted octanol–water partition coefficient (Wildman–Crippen LogP) is 2.35. The minimum Gasteiger partial charge on any atom is -0.347 e. The zero-order valence-corrected chi connectivity index (χ0v) is 18.7. The molecule has 8 nitrogen and oxygen atoms in total. The highest BCUT2D eigenvalue weighted by Crippen LogP contribution is 2.58. The molecule has 0 spiro atoms. The first-order valence-corrected chi connectivity index (χ1v) is 11.9. The standard InChI is InChI=1S/C23H23N5O3S/c1-15-21(32(30,31)28-12-17-10-23(17,13-24)14-28)9-20(27(15)2)22(29)26-11-16-5-3-7-19-18(16)6-4-8-25-19/h3-9,17H,10-12,14H2,1-2H3,(H,26,29)/t17-,23-/m0/s1. The topological polar surface area (TPSA) is 108 Å². The Bertz CT molecular complexity index is 1400. The Kier molecular flexibility index (Phi) is 4.62. The van der Waals surface area contributed by atoms with E-state index in [1.54, 1.807) is 24.7 Å². The van der Waals surface area contributed by atoms with Gasteiger partial charge in [0.05, 0.1) is 17.0 Å². The number of amides is 1. The molecule has 1 amide bonds. The summed E-state index contributed by atoms with van der Waals surface area (Å²) < 4.78 is 29.5. The highest BCUT2D eigenvalue weighted by atomic mass is 32.2. The van der Waals surface area contributed by atoms with Crippen molar-refractivity contribution in [3.05, 3.63) is 59.5 Å². The molecule has 1 aromatic carbocycles. The van der Waals surface area contributed by atoms with Crippen molar-refractivity contribution >= 4 is 26.8 Å². The normalized spacial score (nSPS) is 22.5. The van der Waals surface area contributed by atoms with Crippen molar-refractivity contribution in [3.8, 4) is 6.07 Å². The SMILES string of the molecule is Cc1c(S(=O)(=O)N2C[C@@H]3C[C@]3(C#N)C2)cc(C(=O)NCc2cccc3ncccc23)n1C. The number of hydrogen-bond acceptors (Lipinski definition) is 5. The molecule has 2 aliphatic rings. The molecule has 1 aliphatic heterocycles. The number of fused-ring (bicyclic) bond motifs is 2. The maximum atomic E-state index is 13.3. The quantitative estimate of drug-likeness (QED) is 0.643. The largest absolute Gasteiger partial charge is 0.347 e. The number of nitrogens with zero attached hydrogens (tertiary/aromatic N) is 4. The molecule has 1 saturated carbocycles. The molecule has 0 radical (unpaired) electrons. The number of nitriles is 1. The molecule has 2 atom stereocenters. The summed E-state index contributed by atoms with van der Waals surface area (Å²) in [5.41, 5.74) is 2.03. The zero-order chi connectivity index (χ0) is 22.7. The molecule has 3 heterocycles. The van der Waals surface area contributed by atoms with Crippen LogP contribution < -0.4 is 5.32 Å². The molecule has 3 aromatic rings. The number of piperidine rings is 1. The van der Waals surface area contributed by atoms with E-state index >= 15 is 0 Å². The lowest BCUT2D eigenvalue weighted by molar-refractivity contribution is 0.0942. The molecule has 9 heteroatoms. The molecule has 0 bridgehead atoms. The molecule has 164 valence electrons. The third-order valence-electron chi connectivity index (χ3n) is 6.85. The minimum absolute atomic E-state index is 0.115. The van der Waals surface area contributed by atoms with Gasteiger partial charge in [-0.15, -0.1) is 0 Å². The number of pyridine rings is 1. The third-order valence-corrected chi connectivity index (χ3v) is 8.78. The van der Waals surface area contributed by atoms with E-state index in [4.69, 9.17) is 0 Å². The highest BCUT2D eigenvalue weighted by Gasteiger charge is 2.63. The van der Waals surface area contributed by atoms with Crippen molar-refractivity contribution in [2.24, 2.45) is 18.4 Å². The maximum Gasteiger partial charge on any atom is 0.268 e. The van der Waals surface area contributed by atoms with Crippen molar-refractivity contribution in [1.82, 2.24) is 19.2 Å². The first-order chi connectivity index (χ1) is 15.3. The van der Waals surface area contributed by atoms with Gasteiger partial charge in [0.15, 0.2) is 0 Å². The lowest BCUT2D eigenvalue weighted by Crippen LogP contribution is -2.32. The smallest absolute Gasteiger partial charge is 0.268 e. The number of carbonyl (C=O) groups excluding carboxylic acids is 1. The fourth-order valence-electron chi connectivity index (χ4n) is 4.67. The van der Waals surface area contributed by atoms with E-state index in [2.05, 4.69) is 16.4 Å². The Morgan fingerprint density at radius 3 is 2.91 bits per heavy atom. The van der Waals surface area contributed by atoms with Crippen LogP contribution in [0.5, 0.6) is 0 Å². The first-order valence-electron chi connectivity index (χ1n) is 10.5. The molecular formula is C23H23N5O3S. The van der Waals surface area contributed by atoms with Crippen LogP contribution in [0.3, 0.4) is 0 Å². The summed E-state index contributed by atoms with van der Waals surface area (Å²) in [6.45, 7) is 2.58. The molecule has 1 saturated heterocycles. The van der Waals surface area contributed by atoms with Gasteiger partial charge in [-0.1, -0.05) is 18.2 Å². The summed E-state index contributed by atoms with van der Waals surface area (Å²) in [5.74, 6) is -0.236.